The van der Waals surface area contributed by atoms with Gasteiger partial charge < -0.3 is 24.1 Å². The summed E-state index contributed by atoms with van der Waals surface area (Å²) in [6.07, 6.45) is 4.96. The average Bonchev–Trinajstić information content (AvgIpc) is 3.34. The first-order valence-corrected chi connectivity index (χ1v) is 13.5. The van der Waals surface area contributed by atoms with Crippen molar-refractivity contribution in [2.75, 3.05) is 28.2 Å². The van der Waals surface area contributed by atoms with E-state index in [1.807, 2.05) is 0 Å². The third kappa shape index (κ3) is 8.36. The highest BCUT2D eigenvalue weighted by molar-refractivity contribution is 5.88. The Morgan fingerprint density at radius 2 is 1.90 bits per heavy atom. The number of fused-ring (bicyclic) bond motifs is 1. The van der Waals surface area contributed by atoms with Gasteiger partial charge in [-0.3, -0.25) is 19.4 Å². The number of aromatic amines is 1. The van der Waals surface area contributed by atoms with Gasteiger partial charge in [0.25, 0.3) is 5.56 Å². The summed E-state index contributed by atoms with van der Waals surface area (Å²) in [4.78, 5) is 60.6. The summed E-state index contributed by atoms with van der Waals surface area (Å²) < 4.78 is 21.3. The van der Waals surface area contributed by atoms with Crippen LogP contribution < -0.4 is 5.56 Å². The van der Waals surface area contributed by atoms with E-state index in [0.717, 1.165) is 5.69 Å². The number of halogens is 1. The normalized spacial score (nSPS) is 12.2. The first-order valence-electron chi connectivity index (χ1n) is 13.5. The topological polar surface area (TPSA) is 118 Å². The van der Waals surface area contributed by atoms with E-state index >= 15 is 0 Å². The van der Waals surface area contributed by atoms with Crippen molar-refractivity contribution in [1.29, 1.82) is 0 Å². The third-order valence-corrected chi connectivity index (χ3v) is 6.42. The van der Waals surface area contributed by atoms with E-state index in [4.69, 9.17) is 4.74 Å². The number of ether oxygens (including phenoxy) is 1. The van der Waals surface area contributed by atoms with Crippen molar-refractivity contribution in [3.05, 3.63) is 75.9 Å². The Kier molecular flexibility index (Phi) is 10.6. The van der Waals surface area contributed by atoms with E-state index in [9.17, 15) is 23.6 Å². The second kappa shape index (κ2) is 13.9. The van der Waals surface area contributed by atoms with Crippen LogP contribution in [-0.2, 0) is 33.7 Å². The number of allylic oxidation sites excluding steroid dienone is 1. The van der Waals surface area contributed by atoms with Crippen molar-refractivity contribution in [1.82, 2.24) is 24.3 Å². The van der Waals surface area contributed by atoms with Crippen molar-refractivity contribution in [3.8, 4) is 0 Å². The van der Waals surface area contributed by atoms with Gasteiger partial charge in [-0.1, -0.05) is 26.0 Å². The molecule has 3 aromatic heterocycles. The zero-order valence-corrected chi connectivity index (χ0v) is 24.4. The molecule has 3 rings (SSSR count). The van der Waals surface area contributed by atoms with Crippen LogP contribution in [0.3, 0.4) is 0 Å². The minimum atomic E-state index is -1.10. The lowest BCUT2D eigenvalue weighted by molar-refractivity contribution is -0.127. The Bertz CT molecular complexity index is 1490. The molecule has 2 amide bonds. The Labute approximate surface area is 238 Å². The van der Waals surface area contributed by atoms with Gasteiger partial charge in [0.15, 0.2) is 17.7 Å². The fourth-order valence-electron chi connectivity index (χ4n) is 4.25. The molecule has 0 aromatic carbocycles. The van der Waals surface area contributed by atoms with Gasteiger partial charge in [-0.25, -0.2) is 9.18 Å². The number of nitrogens with one attached hydrogen (secondary N) is 1. The second-order valence-electron chi connectivity index (χ2n) is 10.8. The molecular formula is C30H38FN5O5. The lowest BCUT2D eigenvalue weighted by Gasteiger charge is -2.19. The molecule has 11 heteroatoms. The number of pyridine rings is 2. The number of amides is 2. The second-order valence-corrected chi connectivity index (χ2v) is 10.8. The smallest absolute Gasteiger partial charge is 0.409 e. The Morgan fingerprint density at radius 1 is 1.17 bits per heavy atom. The van der Waals surface area contributed by atoms with Gasteiger partial charge >= 0.3 is 6.09 Å². The van der Waals surface area contributed by atoms with Crippen molar-refractivity contribution >= 4 is 28.7 Å². The lowest BCUT2D eigenvalue weighted by atomic mass is 10.0. The van der Waals surface area contributed by atoms with E-state index < -0.39 is 23.8 Å². The van der Waals surface area contributed by atoms with Gasteiger partial charge in [0.05, 0.1) is 24.0 Å². The predicted molar refractivity (Wildman–Crippen MR) is 154 cm³/mol. The first-order chi connectivity index (χ1) is 19.4. The van der Waals surface area contributed by atoms with Crippen molar-refractivity contribution < 1.29 is 23.5 Å². The molecule has 41 heavy (non-hydrogen) atoms. The quantitative estimate of drug-likeness (QED) is 0.334. The van der Waals surface area contributed by atoms with Crippen LogP contribution in [0.5, 0.6) is 0 Å². The monoisotopic (exact) mass is 567 g/mol. The van der Waals surface area contributed by atoms with Crippen LogP contribution in [0.15, 0.2) is 47.5 Å². The molecule has 1 N–H and O–H groups in total. The van der Waals surface area contributed by atoms with E-state index in [1.54, 1.807) is 44.6 Å². The number of H-pyrrole nitrogens is 1. The zero-order chi connectivity index (χ0) is 30.3. The highest BCUT2D eigenvalue weighted by atomic mass is 19.1. The Morgan fingerprint density at radius 3 is 2.56 bits per heavy atom. The van der Waals surface area contributed by atoms with Gasteiger partial charge in [-0.2, -0.15) is 0 Å². The molecule has 0 saturated heterocycles. The highest BCUT2D eigenvalue weighted by Gasteiger charge is 2.24. The predicted octanol–water partition coefficient (Wildman–Crippen LogP) is 3.71. The van der Waals surface area contributed by atoms with Crippen LogP contribution in [0.1, 0.15) is 43.6 Å². The van der Waals surface area contributed by atoms with Crippen LogP contribution in [-0.4, -0.2) is 76.4 Å². The molecule has 0 aliphatic rings. The van der Waals surface area contributed by atoms with Crippen molar-refractivity contribution in [3.63, 3.8) is 0 Å². The number of likely N-dealkylation sites (N-methyl/N-ethyl adjacent to an activating group) is 1. The molecule has 1 atom stereocenters. The number of nitrogens with zero attached hydrogens (tertiary/aromatic N) is 4. The molecule has 10 nitrogen and oxygen atoms in total. The number of carbonyl (C=O) groups excluding carboxylic acids is 3. The molecule has 0 aliphatic heterocycles. The van der Waals surface area contributed by atoms with E-state index in [0.29, 0.717) is 35.4 Å². The summed E-state index contributed by atoms with van der Waals surface area (Å²) in [5, 5.41) is 0.414. The molecule has 0 unspecified atom stereocenters. The summed E-state index contributed by atoms with van der Waals surface area (Å²) in [7, 11) is 6.27. The molecule has 3 heterocycles. The van der Waals surface area contributed by atoms with E-state index in [1.165, 1.54) is 40.7 Å². The summed E-state index contributed by atoms with van der Waals surface area (Å²) in [5.74, 6) is -0.745. The van der Waals surface area contributed by atoms with E-state index in [-0.39, 0.29) is 36.4 Å². The van der Waals surface area contributed by atoms with Gasteiger partial charge in [-0.15, -0.1) is 0 Å². The Hall–Kier alpha value is -4.28. The third-order valence-electron chi connectivity index (χ3n) is 6.42. The molecule has 0 spiro atoms. The van der Waals surface area contributed by atoms with Gasteiger partial charge in [0.2, 0.25) is 5.91 Å². The van der Waals surface area contributed by atoms with Gasteiger partial charge in [0.1, 0.15) is 0 Å². The maximum Gasteiger partial charge on any atom is 0.409 e. The fourth-order valence-corrected chi connectivity index (χ4v) is 4.25. The number of aromatic nitrogens is 3. The molecular weight excluding hydrogens is 529 g/mol. The van der Waals surface area contributed by atoms with E-state index in [2.05, 4.69) is 23.8 Å². The average molecular weight is 568 g/mol. The maximum absolute atomic E-state index is 14.5. The largest absolute Gasteiger partial charge is 0.438 e. The minimum absolute atomic E-state index is 0.139. The number of carbonyl (C=O) groups is 3. The zero-order valence-electron chi connectivity index (χ0n) is 24.4. The van der Waals surface area contributed by atoms with Crippen LogP contribution in [0.4, 0.5) is 9.18 Å². The molecule has 220 valence electrons. The molecule has 0 bridgehead atoms. The number of Topliss-reactive ketones (excluding diaryl/α,β-unsaturated/α-hetero) is 1. The lowest BCUT2D eigenvalue weighted by Crippen LogP contribution is -2.35. The molecule has 0 saturated carbocycles. The fraction of sp³-hybridized carbons (Fsp3) is 0.433. The van der Waals surface area contributed by atoms with Crippen LogP contribution in [0.25, 0.3) is 10.9 Å². The Balaban J connectivity index is 1.80. The molecule has 3 aromatic rings. The minimum Gasteiger partial charge on any atom is -0.438 e. The summed E-state index contributed by atoms with van der Waals surface area (Å²) in [6.45, 7) is 4.25. The number of hydrogen-bond acceptors (Lipinski definition) is 6. The molecule has 0 aliphatic carbocycles. The molecule has 0 radical (unpaired) electrons. The van der Waals surface area contributed by atoms with Crippen molar-refractivity contribution in [2.45, 2.75) is 52.2 Å². The standard InChI is InChI=1S/C30H38FN5O5/c1-19(2)14-24-28-22(23(31)17-32-24)16-21(33-28)18-36-13-9-10-20(29(36)39)15-25(37)26(41-30(40)35(5)6)11-7-8-12-27(38)34(3)4/h8-10,12-13,16-17,19,26,33H,7,11,14-15,18H2,1-6H3/b12-8+/t26-/m0/s1. The highest BCUT2D eigenvalue weighted by Crippen LogP contribution is 2.23. The summed E-state index contributed by atoms with van der Waals surface area (Å²) >= 11 is 0. The number of ketones is 1. The molecule has 0 fully saturated rings. The SMILES string of the molecule is CC(C)Cc1ncc(F)c2cc(Cn3cccc(CC(=O)[C@H](CC/C=C/C(=O)N(C)C)OC(=O)N(C)C)c3=O)[nH]c12. The maximum atomic E-state index is 14.5. The van der Waals surface area contributed by atoms with Crippen molar-refractivity contribution in [2.24, 2.45) is 5.92 Å². The van der Waals surface area contributed by atoms with Gasteiger partial charge in [-0.05, 0) is 43.4 Å². The summed E-state index contributed by atoms with van der Waals surface area (Å²) in [5.41, 5.74) is 1.86. The number of rotatable bonds is 12. The first kappa shape index (κ1) is 31.3. The van der Waals surface area contributed by atoms with Crippen LogP contribution >= 0.6 is 0 Å². The van der Waals surface area contributed by atoms with Gasteiger partial charge in [0, 0.05) is 57.5 Å². The number of hydrogen-bond donors (Lipinski definition) is 1. The van der Waals surface area contributed by atoms with Crippen LogP contribution in [0.2, 0.25) is 0 Å². The summed E-state index contributed by atoms with van der Waals surface area (Å²) in [6, 6.07) is 4.90. The van der Waals surface area contributed by atoms with Crippen LogP contribution in [0, 0.1) is 11.7 Å².